The van der Waals surface area contributed by atoms with Gasteiger partial charge in [0.05, 0.1) is 7.11 Å². The minimum Gasteiger partial charge on any atom is -0.497 e. The van der Waals surface area contributed by atoms with Gasteiger partial charge < -0.3 is 9.47 Å². The maximum absolute atomic E-state index is 13.6. The van der Waals surface area contributed by atoms with Crippen LogP contribution in [-0.4, -0.2) is 13.4 Å². The molecule has 20 heavy (non-hydrogen) atoms. The molecule has 0 atom stereocenters. The predicted octanol–water partition coefficient (Wildman–Crippen LogP) is 3.36. The summed E-state index contributed by atoms with van der Waals surface area (Å²) in [6.45, 7) is 0.0122. The van der Waals surface area contributed by atoms with Gasteiger partial charge in [-0.3, -0.25) is 4.79 Å². The minimum absolute atomic E-state index is 0.0122. The van der Waals surface area contributed by atoms with Gasteiger partial charge in [-0.05, 0) is 29.8 Å². The quantitative estimate of drug-likeness (QED) is 0.787. The summed E-state index contributed by atoms with van der Waals surface area (Å²) in [7, 11) is 1.55. The zero-order chi connectivity index (χ0) is 14.5. The van der Waals surface area contributed by atoms with Crippen molar-refractivity contribution < 1.29 is 23.0 Å². The van der Waals surface area contributed by atoms with Crippen molar-refractivity contribution in [3.8, 4) is 11.5 Å². The lowest BCUT2D eigenvalue weighted by molar-refractivity contribution is 0.112. The number of methoxy groups -OCH3 is 1. The second-order valence-electron chi connectivity index (χ2n) is 4.07. The highest BCUT2D eigenvalue weighted by Crippen LogP contribution is 2.24. The molecule has 0 aromatic heterocycles. The van der Waals surface area contributed by atoms with Gasteiger partial charge in [-0.2, -0.15) is 0 Å². The van der Waals surface area contributed by atoms with Crippen molar-refractivity contribution in [3.63, 3.8) is 0 Å². The Morgan fingerprint density at radius 3 is 2.20 bits per heavy atom. The molecule has 2 aromatic rings. The van der Waals surface area contributed by atoms with Crippen molar-refractivity contribution in [2.24, 2.45) is 0 Å². The van der Waals surface area contributed by atoms with Gasteiger partial charge in [0.25, 0.3) is 0 Å². The lowest BCUT2D eigenvalue weighted by Gasteiger charge is -2.09. The largest absolute Gasteiger partial charge is 0.497 e. The Balaban J connectivity index is 2.12. The lowest BCUT2D eigenvalue weighted by atomic mass is 10.2. The van der Waals surface area contributed by atoms with Gasteiger partial charge in [0.2, 0.25) is 0 Å². The SMILES string of the molecule is COc1ccc(COc2c(F)cc(C=O)cc2F)cc1. The maximum Gasteiger partial charge on any atom is 0.191 e. The molecular formula is C15H12F2O3. The van der Waals surface area contributed by atoms with Crippen molar-refractivity contribution in [2.45, 2.75) is 6.61 Å². The molecule has 0 aliphatic carbocycles. The lowest BCUT2D eigenvalue weighted by Crippen LogP contribution is -2.01. The first-order valence-electron chi connectivity index (χ1n) is 5.84. The molecule has 0 saturated heterocycles. The van der Waals surface area contributed by atoms with Crippen LogP contribution in [0, 0.1) is 11.6 Å². The Bertz CT molecular complexity index is 586. The van der Waals surface area contributed by atoms with Crippen LogP contribution in [0.5, 0.6) is 11.5 Å². The molecule has 0 radical (unpaired) electrons. The second-order valence-corrected chi connectivity index (χ2v) is 4.07. The summed E-state index contributed by atoms with van der Waals surface area (Å²) in [5, 5.41) is 0. The monoisotopic (exact) mass is 278 g/mol. The number of hydrogen-bond acceptors (Lipinski definition) is 3. The van der Waals surface area contributed by atoms with E-state index in [1.54, 1.807) is 31.4 Å². The van der Waals surface area contributed by atoms with Crippen LogP contribution in [0.2, 0.25) is 0 Å². The van der Waals surface area contributed by atoms with Crippen LogP contribution in [0.3, 0.4) is 0 Å². The summed E-state index contributed by atoms with van der Waals surface area (Å²) in [5.74, 6) is -1.62. The molecule has 2 aromatic carbocycles. The molecule has 3 nitrogen and oxygen atoms in total. The maximum atomic E-state index is 13.6. The first kappa shape index (κ1) is 14.0. The van der Waals surface area contributed by atoms with E-state index >= 15 is 0 Å². The third kappa shape index (κ3) is 3.12. The molecule has 0 aliphatic rings. The molecule has 0 spiro atoms. The first-order valence-corrected chi connectivity index (χ1v) is 5.84. The fraction of sp³-hybridized carbons (Fsp3) is 0.133. The number of carbonyl (C=O) groups excluding carboxylic acids is 1. The number of rotatable bonds is 5. The van der Waals surface area contributed by atoms with Gasteiger partial charge in [0.1, 0.15) is 18.6 Å². The van der Waals surface area contributed by atoms with Crippen molar-refractivity contribution in [3.05, 3.63) is 59.2 Å². The summed E-state index contributed by atoms with van der Waals surface area (Å²) in [5.41, 5.74) is 0.667. The smallest absolute Gasteiger partial charge is 0.191 e. The van der Waals surface area contributed by atoms with Crippen molar-refractivity contribution in [2.75, 3.05) is 7.11 Å². The summed E-state index contributed by atoms with van der Waals surface area (Å²) in [6, 6.07) is 8.77. The fourth-order valence-electron chi connectivity index (χ4n) is 1.66. The van der Waals surface area contributed by atoms with Crippen molar-refractivity contribution >= 4 is 6.29 Å². The van der Waals surface area contributed by atoms with E-state index in [-0.39, 0.29) is 12.2 Å². The highest BCUT2D eigenvalue weighted by Gasteiger charge is 2.12. The standard InChI is InChI=1S/C15H12F2O3/c1-19-12-4-2-10(3-5-12)9-20-15-13(16)6-11(8-18)7-14(15)17/h2-8H,9H2,1H3. The number of carbonyl (C=O) groups is 1. The topological polar surface area (TPSA) is 35.5 Å². The Kier molecular flexibility index (Phi) is 4.30. The van der Waals surface area contributed by atoms with E-state index in [1.165, 1.54) is 0 Å². The number of aldehydes is 1. The zero-order valence-corrected chi connectivity index (χ0v) is 10.7. The number of benzene rings is 2. The van der Waals surface area contributed by atoms with E-state index in [0.717, 1.165) is 17.7 Å². The van der Waals surface area contributed by atoms with Crippen LogP contribution in [0.1, 0.15) is 15.9 Å². The third-order valence-corrected chi connectivity index (χ3v) is 2.70. The van der Waals surface area contributed by atoms with Crippen molar-refractivity contribution in [1.29, 1.82) is 0 Å². The van der Waals surface area contributed by atoms with Gasteiger partial charge in [-0.25, -0.2) is 8.78 Å². The summed E-state index contributed by atoms with van der Waals surface area (Å²) < 4.78 is 37.3. The number of halogens is 2. The molecule has 104 valence electrons. The zero-order valence-electron chi connectivity index (χ0n) is 10.7. The van der Waals surface area contributed by atoms with Gasteiger partial charge in [-0.15, -0.1) is 0 Å². The number of hydrogen-bond donors (Lipinski definition) is 0. The summed E-state index contributed by atoms with van der Waals surface area (Å²) in [6.07, 6.45) is 0.374. The molecule has 5 heteroatoms. The Morgan fingerprint density at radius 1 is 1.10 bits per heavy atom. The molecule has 0 unspecified atom stereocenters. The minimum atomic E-state index is -0.902. The van der Waals surface area contributed by atoms with Crippen LogP contribution in [0.15, 0.2) is 36.4 Å². The first-order chi connectivity index (χ1) is 9.63. The van der Waals surface area contributed by atoms with Crippen LogP contribution >= 0.6 is 0 Å². The predicted molar refractivity (Wildman–Crippen MR) is 69.1 cm³/mol. The summed E-state index contributed by atoms with van der Waals surface area (Å²) in [4.78, 5) is 10.5. The van der Waals surface area contributed by atoms with Crippen LogP contribution in [0.4, 0.5) is 8.78 Å². The third-order valence-electron chi connectivity index (χ3n) is 2.70. The van der Waals surface area contributed by atoms with Gasteiger partial charge >= 0.3 is 0 Å². The van der Waals surface area contributed by atoms with E-state index in [2.05, 4.69) is 0 Å². The van der Waals surface area contributed by atoms with Crippen molar-refractivity contribution in [1.82, 2.24) is 0 Å². The highest BCUT2D eigenvalue weighted by atomic mass is 19.1. The molecule has 0 aliphatic heterocycles. The van der Waals surface area contributed by atoms with E-state index < -0.39 is 17.4 Å². The van der Waals surface area contributed by atoms with Gasteiger partial charge in [-0.1, -0.05) is 12.1 Å². The van der Waals surface area contributed by atoms with Crippen LogP contribution in [0.25, 0.3) is 0 Å². The molecule has 0 fully saturated rings. The molecule has 0 amide bonds. The molecule has 0 saturated carbocycles. The molecule has 0 bridgehead atoms. The fourth-order valence-corrected chi connectivity index (χ4v) is 1.66. The average molecular weight is 278 g/mol. The second kappa shape index (κ2) is 6.14. The van der Waals surface area contributed by atoms with E-state index in [0.29, 0.717) is 12.0 Å². The van der Waals surface area contributed by atoms with Crippen LogP contribution in [-0.2, 0) is 6.61 Å². The normalized spacial score (nSPS) is 10.2. The number of ether oxygens (including phenoxy) is 2. The molecule has 0 heterocycles. The molecule has 2 rings (SSSR count). The Hall–Kier alpha value is -2.43. The van der Waals surface area contributed by atoms with Crippen LogP contribution < -0.4 is 9.47 Å². The van der Waals surface area contributed by atoms with E-state index in [1.807, 2.05) is 0 Å². The highest BCUT2D eigenvalue weighted by molar-refractivity contribution is 5.75. The molecular weight excluding hydrogens is 266 g/mol. The van der Waals surface area contributed by atoms with Gasteiger partial charge in [0, 0.05) is 5.56 Å². The molecule has 0 N–H and O–H groups in total. The summed E-state index contributed by atoms with van der Waals surface area (Å²) >= 11 is 0. The Morgan fingerprint density at radius 2 is 1.70 bits per heavy atom. The van der Waals surface area contributed by atoms with E-state index in [4.69, 9.17) is 9.47 Å². The Labute approximate surface area is 114 Å². The van der Waals surface area contributed by atoms with Gasteiger partial charge in [0.15, 0.2) is 17.4 Å². The van der Waals surface area contributed by atoms with E-state index in [9.17, 15) is 13.6 Å². The average Bonchev–Trinajstić information content (AvgIpc) is 2.46.